The van der Waals surface area contributed by atoms with Gasteiger partial charge in [0.2, 0.25) is 0 Å². The second-order valence-corrected chi connectivity index (χ2v) is 6.89. The fraction of sp³-hybridized carbons (Fsp3) is 0.714. The molecule has 1 aromatic rings. The van der Waals surface area contributed by atoms with Crippen molar-refractivity contribution in [2.75, 3.05) is 19.4 Å². The highest BCUT2D eigenvalue weighted by Crippen LogP contribution is 2.16. The van der Waals surface area contributed by atoms with Crippen molar-refractivity contribution in [1.82, 2.24) is 10.3 Å². The average molecular weight is 368 g/mol. The van der Waals surface area contributed by atoms with Crippen molar-refractivity contribution in [3.63, 3.8) is 0 Å². The Morgan fingerprint density at radius 1 is 1.12 bits per heavy atom. The van der Waals surface area contributed by atoms with E-state index in [1.807, 2.05) is 66.9 Å². The molecular weight excluding hydrogens is 326 g/mol. The van der Waals surface area contributed by atoms with E-state index in [0.29, 0.717) is 6.47 Å². The molecule has 0 amide bonds. The molecule has 152 valence electrons. The third-order valence-corrected chi connectivity index (χ3v) is 3.62. The molecule has 5 nitrogen and oxygen atoms in total. The van der Waals surface area contributed by atoms with Gasteiger partial charge in [-0.15, -0.1) is 0 Å². The second kappa shape index (κ2) is 16.8. The topological polar surface area (TPSA) is 63.2 Å². The Labute approximate surface area is 161 Å². The second-order valence-electron chi connectivity index (χ2n) is 6.89. The van der Waals surface area contributed by atoms with Crippen LogP contribution in [0, 0.1) is 6.92 Å². The first-order valence-electron chi connectivity index (χ1n) is 9.71. The maximum absolute atomic E-state index is 9.60. The monoisotopic (exact) mass is 367 g/mol. The van der Waals surface area contributed by atoms with Gasteiger partial charge in [0.25, 0.3) is 6.47 Å². The van der Waals surface area contributed by atoms with E-state index in [1.165, 1.54) is 32.1 Å². The van der Waals surface area contributed by atoms with Crippen molar-refractivity contribution in [3.8, 4) is 0 Å². The van der Waals surface area contributed by atoms with Crippen LogP contribution in [0.5, 0.6) is 0 Å². The lowest BCUT2D eigenvalue weighted by molar-refractivity contribution is -0.138. The largest absolute Gasteiger partial charge is 0.462 e. The lowest BCUT2D eigenvalue weighted by atomic mass is 9.96. The maximum Gasteiger partial charge on any atom is 0.293 e. The summed E-state index contributed by atoms with van der Waals surface area (Å²) in [5, 5.41) is 6.30. The Morgan fingerprint density at radius 2 is 1.69 bits per heavy atom. The number of pyridine rings is 1. The Bertz CT molecular complexity index is 422. The maximum atomic E-state index is 9.60. The zero-order valence-electron chi connectivity index (χ0n) is 18.2. The molecule has 0 aliphatic heterocycles. The van der Waals surface area contributed by atoms with Gasteiger partial charge in [-0.05, 0) is 59.7 Å². The predicted molar refractivity (Wildman–Crippen MR) is 113 cm³/mol. The molecule has 26 heavy (non-hydrogen) atoms. The number of hydrogen-bond acceptors (Lipinski definition) is 5. The summed E-state index contributed by atoms with van der Waals surface area (Å²) < 4.78 is 4.55. The molecule has 2 rings (SSSR count). The molecule has 0 saturated heterocycles. The van der Waals surface area contributed by atoms with Crippen LogP contribution in [0.2, 0.25) is 0 Å². The molecule has 1 aliphatic carbocycles. The van der Waals surface area contributed by atoms with Gasteiger partial charge in [0.1, 0.15) is 5.60 Å². The van der Waals surface area contributed by atoms with Crippen LogP contribution in [0.4, 0.5) is 5.69 Å². The van der Waals surface area contributed by atoms with Gasteiger partial charge in [-0.2, -0.15) is 0 Å². The lowest BCUT2D eigenvalue weighted by Crippen LogP contribution is -2.26. The van der Waals surface area contributed by atoms with Gasteiger partial charge in [0.15, 0.2) is 0 Å². The van der Waals surface area contributed by atoms with Gasteiger partial charge in [0.05, 0.1) is 11.9 Å². The number of rotatable bonds is 3. The van der Waals surface area contributed by atoms with Crippen LogP contribution in [-0.2, 0) is 9.53 Å². The van der Waals surface area contributed by atoms with Crippen molar-refractivity contribution < 1.29 is 9.53 Å². The molecule has 0 unspecified atom stereocenters. The summed E-state index contributed by atoms with van der Waals surface area (Å²) in [5.41, 5.74) is 1.79. The molecule has 5 heteroatoms. The van der Waals surface area contributed by atoms with E-state index in [2.05, 4.69) is 27.4 Å². The predicted octanol–water partition coefficient (Wildman–Crippen LogP) is 4.95. The van der Waals surface area contributed by atoms with E-state index < -0.39 is 0 Å². The molecule has 1 aromatic heterocycles. The fourth-order valence-electron chi connectivity index (χ4n) is 2.15. The highest BCUT2D eigenvalue weighted by Gasteiger charge is 2.09. The molecule has 0 bridgehead atoms. The van der Waals surface area contributed by atoms with Crippen LogP contribution in [0.15, 0.2) is 18.3 Å². The van der Waals surface area contributed by atoms with Crippen molar-refractivity contribution >= 4 is 12.2 Å². The average Bonchev–Trinajstić information content (AvgIpc) is 2.65. The quantitative estimate of drug-likeness (QED) is 0.740. The molecule has 0 radical (unpaired) electrons. The smallest absolute Gasteiger partial charge is 0.293 e. The van der Waals surface area contributed by atoms with Crippen molar-refractivity contribution in [2.45, 2.75) is 85.3 Å². The van der Waals surface area contributed by atoms with E-state index in [-0.39, 0.29) is 5.60 Å². The SMILES string of the molecule is CC.CC(C)(C)OC=O.CNC1CCCCC1.CNc1ccc(C)nc1. The Kier molecular flexibility index (Phi) is 17.2. The van der Waals surface area contributed by atoms with Crippen LogP contribution in [0.25, 0.3) is 0 Å². The molecule has 0 aromatic carbocycles. The zero-order valence-corrected chi connectivity index (χ0v) is 18.2. The molecule has 2 N–H and O–H groups in total. The van der Waals surface area contributed by atoms with Crippen LogP contribution in [0.1, 0.15) is 72.4 Å². The number of hydrogen-bond donors (Lipinski definition) is 2. The Hall–Kier alpha value is -1.62. The van der Waals surface area contributed by atoms with Gasteiger partial charge in [-0.1, -0.05) is 33.1 Å². The minimum absolute atomic E-state index is 0.318. The first-order chi connectivity index (χ1) is 12.3. The van der Waals surface area contributed by atoms with Gasteiger partial charge < -0.3 is 15.4 Å². The van der Waals surface area contributed by atoms with E-state index in [9.17, 15) is 4.79 Å². The number of carbonyl (C=O) groups excluding carboxylic acids is 1. The van der Waals surface area contributed by atoms with Crippen LogP contribution >= 0.6 is 0 Å². The molecule has 0 spiro atoms. The summed E-state index contributed by atoms with van der Waals surface area (Å²) in [4.78, 5) is 13.7. The molecule has 1 aliphatic rings. The number of aryl methyl sites for hydroxylation is 1. The number of nitrogens with one attached hydrogen (secondary N) is 2. The summed E-state index contributed by atoms with van der Waals surface area (Å²) in [6, 6.07) is 4.82. The fourth-order valence-corrected chi connectivity index (χ4v) is 2.15. The number of carbonyl (C=O) groups is 1. The normalized spacial score (nSPS) is 13.5. The summed E-state index contributed by atoms with van der Waals surface area (Å²) in [5.74, 6) is 0. The number of anilines is 1. The van der Waals surface area contributed by atoms with Crippen LogP contribution in [-0.4, -0.2) is 37.2 Å². The van der Waals surface area contributed by atoms with E-state index in [0.717, 1.165) is 17.4 Å². The highest BCUT2D eigenvalue weighted by atomic mass is 16.5. The summed E-state index contributed by atoms with van der Waals surface area (Å²) >= 11 is 0. The first-order valence-corrected chi connectivity index (χ1v) is 9.71. The number of nitrogens with zero attached hydrogens (tertiary/aromatic N) is 1. The standard InChI is InChI=1S/C7H10N2.C7H15N.C5H10O2.C2H6/c1-6-3-4-7(8-2)5-9-6;1-8-7-5-3-2-4-6-7;1-5(2,3)7-4-6;1-2/h3-5,8H,1-2H3;7-8H,2-6H2,1H3;4H,1-3H3;1-2H3. The van der Waals surface area contributed by atoms with Gasteiger partial charge in [0, 0.05) is 18.8 Å². The molecular formula is C21H41N3O2. The third kappa shape index (κ3) is 17.2. The van der Waals surface area contributed by atoms with E-state index >= 15 is 0 Å². The summed E-state index contributed by atoms with van der Waals surface area (Å²) in [7, 11) is 3.95. The van der Waals surface area contributed by atoms with Crippen LogP contribution in [0.3, 0.4) is 0 Å². The van der Waals surface area contributed by atoms with E-state index in [1.54, 1.807) is 0 Å². The molecule has 1 saturated carbocycles. The Morgan fingerprint density at radius 3 is 1.96 bits per heavy atom. The summed E-state index contributed by atoms with van der Waals surface area (Å²) in [6.45, 7) is 11.9. The molecule has 1 fully saturated rings. The van der Waals surface area contributed by atoms with Gasteiger partial charge in [-0.3, -0.25) is 9.78 Å². The lowest BCUT2D eigenvalue weighted by Gasteiger charge is -2.20. The number of ether oxygens (including phenoxy) is 1. The minimum atomic E-state index is -0.318. The van der Waals surface area contributed by atoms with Gasteiger partial charge >= 0.3 is 0 Å². The van der Waals surface area contributed by atoms with E-state index in [4.69, 9.17) is 0 Å². The third-order valence-electron chi connectivity index (χ3n) is 3.62. The van der Waals surface area contributed by atoms with Crippen molar-refractivity contribution in [2.24, 2.45) is 0 Å². The zero-order chi connectivity index (χ0) is 20.4. The van der Waals surface area contributed by atoms with Crippen LogP contribution < -0.4 is 10.6 Å². The van der Waals surface area contributed by atoms with Gasteiger partial charge in [-0.25, -0.2) is 0 Å². The highest BCUT2D eigenvalue weighted by molar-refractivity contribution is 5.39. The minimum Gasteiger partial charge on any atom is -0.462 e. The van der Waals surface area contributed by atoms with Crippen molar-refractivity contribution in [1.29, 1.82) is 0 Å². The van der Waals surface area contributed by atoms with Crippen molar-refractivity contribution in [3.05, 3.63) is 24.0 Å². The molecule has 1 heterocycles. The summed E-state index contributed by atoms with van der Waals surface area (Å²) in [6.07, 6.45) is 8.94. The Balaban J connectivity index is 0. The number of aromatic nitrogens is 1. The first kappa shape index (κ1) is 26.6. The molecule has 0 atom stereocenters.